The Morgan fingerprint density at radius 2 is 1.91 bits per heavy atom. The van der Waals surface area contributed by atoms with Crippen LogP contribution in [0.5, 0.6) is 0 Å². The van der Waals surface area contributed by atoms with E-state index in [9.17, 15) is 4.79 Å². The van der Waals surface area contributed by atoms with E-state index >= 15 is 0 Å². The molecule has 1 aliphatic heterocycles. The molecule has 0 aliphatic carbocycles. The lowest BCUT2D eigenvalue weighted by Gasteiger charge is -2.35. The van der Waals surface area contributed by atoms with Crippen LogP contribution in [0.2, 0.25) is 0 Å². The van der Waals surface area contributed by atoms with E-state index in [0.717, 1.165) is 22.0 Å². The normalized spacial score (nSPS) is 18.1. The van der Waals surface area contributed by atoms with Crippen molar-refractivity contribution < 1.29 is 9.53 Å². The molecule has 1 heterocycles. The third-order valence-corrected chi connectivity index (χ3v) is 4.66. The van der Waals surface area contributed by atoms with Crippen LogP contribution in [0.1, 0.15) is 18.5 Å². The number of allylic oxidation sites excluding steroid dienone is 1. The van der Waals surface area contributed by atoms with Gasteiger partial charge in [0.2, 0.25) is 0 Å². The van der Waals surface area contributed by atoms with Crippen LogP contribution in [-0.2, 0) is 9.53 Å². The number of hydrogen-bond donors (Lipinski definition) is 1. The second-order valence-electron chi connectivity index (χ2n) is 5.54. The van der Waals surface area contributed by atoms with Gasteiger partial charge >= 0.3 is 5.97 Å². The number of carbonyl (C=O) groups excluding carboxylic acids is 1. The molecule has 5 heteroatoms. The number of ether oxygens (including phenoxy) is 1. The minimum Gasteiger partial charge on any atom is -0.466 e. The summed E-state index contributed by atoms with van der Waals surface area (Å²) >= 11 is 5.38. The predicted molar refractivity (Wildman–Crippen MR) is 94.9 cm³/mol. The highest BCUT2D eigenvalue weighted by Gasteiger charge is 2.33. The molecule has 0 aromatic heterocycles. The van der Waals surface area contributed by atoms with E-state index in [4.69, 9.17) is 17.0 Å². The molecule has 0 radical (unpaired) electrons. The van der Waals surface area contributed by atoms with E-state index in [0.29, 0.717) is 10.7 Å². The van der Waals surface area contributed by atoms with Gasteiger partial charge in [-0.15, -0.1) is 0 Å². The first-order chi connectivity index (χ1) is 11.0. The summed E-state index contributed by atoms with van der Waals surface area (Å²) in [6, 6.07) is 14.0. The quantitative estimate of drug-likeness (QED) is 0.678. The van der Waals surface area contributed by atoms with Crippen LogP contribution in [-0.4, -0.2) is 30.1 Å². The third-order valence-electron chi connectivity index (χ3n) is 4.27. The molecule has 1 N–H and O–H groups in total. The largest absolute Gasteiger partial charge is 0.466 e. The summed E-state index contributed by atoms with van der Waals surface area (Å²) in [5.41, 5.74) is 2.37. The standard InChI is InChI=1S/C18H18N2O2S/c1-11-15(17(21)22-3)16(19-18(23)20(11)2)14-9-8-12-6-4-5-7-13(12)10-14/h4-10,16H,1-3H3,(H,19,23)/t16-/m0/s1. The lowest BCUT2D eigenvalue weighted by Crippen LogP contribution is -2.46. The lowest BCUT2D eigenvalue weighted by molar-refractivity contribution is -0.136. The van der Waals surface area contributed by atoms with E-state index in [1.807, 2.05) is 32.2 Å². The highest BCUT2D eigenvalue weighted by Crippen LogP contribution is 2.32. The minimum atomic E-state index is -0.345. The lowest BCUT2D eigenvalue weighted by atomic mass is 9.93. The number of fused-ring (bicyclic) bond motifs is 1. The predicted octanol–water partition coefficient (Wildman–Crippen LogP) is 3.15. The number of benzene rings is 2. The fraction of sp³-hybridized carbons (Fsp3) is 0.222. The zero-order valence-corrected chi connectivity index (χ0v) is 14.1. The third kappa shape index (κ3) is 2.68. The van der Waals surface area contributed by atoms with Crippen molar-refractivity contribution in [2.75, 3.05) is 14.2 Å². The molecule has 2 aromatic carbocycles. The SMILES string of the molecule is COC(=O)C1=C(C)N(C)C(=S)N[C@H]1c1ccc2ccccc2c1. The van der Waals surface area contributed by atoms with E-state index in [1.54, 1.807) is 4.90 Å². The van der Waals surface area contributed by atoms with Gasteiger partial charge in [-0.3, -0.25) is 0 Å². The fourth-order valence-corrected chi connectivity index (χ4v) is 3.10. The molecule has 4 nitrogen and oxygen atoms in total. The van der Waals surface area contributed by atoms with Crippen LogP contribution in [0.4, 0.5) is 0 Å². The van der Waals surface area contributed by atoms with Crippen LogP contribution in [0.25, 0.3) is 10.8 Å². The van der Waals surface area contributed by atoms with Gasteiger partial charge in [-0.25, -0.2) is 4.79 Å². The molecule has 118 valence electrons. The summed E-state index contributed by atoms with van der Waals surface area (Å²) in [5.74, 6) is -0.345. The van der Waals surface area contributed by atoms with Crippen molar-refractivity contribution in [3.8, 4) is 0 Å². The first kappa shape index (κ1) is 15.5. The summed E-state index contributed by atoms with van der Waals surface area (Å²) in [7, 11) is 3.23. The summed E-state index contributed by atoms with van der Waals surface area (Å²) in [6.07, 6.45) is 0. The topological polar surface area (TPSA) is 41.6 Å². The zero-order valence-electron chi connectivity index (χ0n) is 13.3. The molecule has 0 saturated carbocycles. The molecule has 0 unspecified atom stereocenters. The highest BCUT2D eigenvalue weighted by molar-refractivity contribution is 7.80. The van der Waals surface area contributed by atoms with Gasteiger partial charge in [0.25, 0.3) is 0 Å². The van der Waals surface area contributed by atoms with Gasteiger partial charge < -0.3 is 15.0 Å². The first-order valence-electron chi connectivity index (χ1n) is 7.35. The van der Waals surface area contributed by atoms with Crippen molar-refractivity contribution in [1.29, 1.82) is 0 Å². The Bertz CT molecular complexity index is 829. The molecule has 1 aliphatic rings. The second-order valence-corrected chi connectivity index (χ2v) is 5.93. The molecule has 23 heavy (non-hydrogen) atoms. The number of rotatable bonds is 2. The summed E-state index contributed by atoms with van der Waals surface area (Å²) in [5, 5.41) is 6.12. The van der Waals surface area contributed by atoms with Gasteiger partial charge in [-0.2, -0.15) is 0 Å². The average molecular weight is 326 g/mol. The first-order valence-corrected chi connectivity index (χ1v) is 7.75. The zero-order chi connectivity index (χ0) is 16.6. The van der Waals surface area contributed by atoms with Crippen molar-refractivity contribution in [2.24, 2.45) is 0 Å². The molecule has 2 aromatic rings. The van der Waals surface area contributed by atoms with Crippen LogP contribution in [0.15, 0.2) is 53.7 Å². The molecule has 0 fully saturated rings. The molecule has 3 rings (SSSR count). The molecule has 1 atom stereocenters. The van der Waals surface area contributed by atoms with E-state index in [-0.39, 0.29) is 12.0 Å². The van der Waals surface area contributed by atoms with Gasteiger partial charge in [0.05, 0.1) is 18.7 Å². The van der Waals surface area contributed by atoms with Crippen LogP contribution < -0.4 is 5.32 Å². The molecule has 0 amide bonds. The number of nitrogens with one attached hydrogen (secondary N) is 1. The monoisotopic (exact) mass is 326 g/mol. The Morgan fingerprint density at radius 1 is 1.22 bits per heavy atom. The van der Waals surface area contributed by atoms with Crippen molar-refractivity contribution in [3.63, 3.8) is 0 Å². The van der Waals surface area contributed by atoms with Crippen molar-refractivity contribution in [3.05, 3.63) is 59.3 Å². The average Bonchev–Trinajstić information content (AvgIpc) is 2.58. The van der Waals surface area contributed by atoms with Crippen molar-refractivity contribution in [1.82, 2.24) is 10.2 Å². The Kier molecular flexibility index (Phi) is 4.05. The highest BCUT2D eigenvalue weighted by atomic mass is 32.1. The fourth-order valence-electron chi connectivity index (χ4n) is 2.85. The van der Waals surface area contributed by atoms with Crippen LogP contribution in [0.3, 0.4) is 0 Å². The van der Waals surface area contributed by atoms with E-state index in [2.05, 4.69) is 29.6 Å². The number of esters is 1. The number of nitrogens with zero attached hydrogens (tertiary/aromatic N) is 1. The summed E-state index contributed by atoms with van der Waals surface area (Å²) in [6.45, 7) is 1.88. The van der Waals surface area contributed by atoms with E-state index < -0.39 is 0 Å². The van der Waals surface area contributed by atoms with Gasteiger partial charge in [-0.1, -0.05) is 36.4 Å². The Balaban J connectivity index is 2.14. The summed E-state index contributed by atoms with van der Waals surface area (Å²) < 4.78 is 4.98. The molecule has 0 saturated heterocycles. The number of methoxy groups -OCH3 is 1. The molecular weight excluding hydrogens is 308 g/mol. The molecular formula is C18H18N2O2S. The van der Waals surface area contributed by atoms with Crippen molar-refractivity contribution >= 4 is 34.1 Å². The van der Waals surface area contributed by atoms with Gasteiger partial charge in [0.15, 0.2) is 5.11 Å². The maximum absolute atomic E-state index is 12.3. The van der Waals surface area contributed by atoms with E-state index in [1.165, 1.54) is 7.11 Å². The number of hydrogen-bond acceptors (Lipinski definition) is 3. The van der Waals surface area contributed by atoms with Gasteiger partial charge in [0, 0.05) is 12.7 Å². The number of carbonyl (C=O) groups is 1. The maximum atomic E-state index is 12.3. The summed E-state index contributed by atoms with van der Waals surface area (Å²) in [4.78, 5) is 14.1. The minimum absolute atomic E-state index is 0.309. The Labute approximate surface area is 140 Å². The van der Waals surface area contributed by atoms with Crippen LogP contribution in [0, 0.1) is 0 Å². The Hall–Kier alpha value is -2.40. The smallest absolute Gasteiger partial charge is 0.337 e. The Morgan fingerprint density at radius 3 is 2.61 bits per heavy atom. The molecule has 0 bridgehead atoms. The van der Waals surface area contributed by atoms with Gasteiger partial charge in [-0.05, 0) is 41.5 Å². The van der Waals surface area contributed by atoms with Crippen LogP contribution >= 0.6 is 12.2 Å². The van der Waals surface area contributed by atoms with Gasteiger partial charge in [0.1, 0.15) is 0 Å². The second kappa shape index (κ2) is 6.01. The number of thiocarbonyl (C=S) groups is 1. The maximum Gasteiger partial charge on any atom is 0.337 e. The molecule has 0 spiro atoms. The van der Waals surface area contributed by atoms with Crippen molar-refractivity contribution in [2.45, 2.75) is 13.0 Å².